The zero-order valence-corrected chi connectivity index (χ0v) is 13.1. The number of esters is 1. The fourth-order valence-corrected chi connectivity index (χ4v) is 3.02. The van der Waals surface area contributed by atoms with Crippen LogP contribution in [0.15, 0.2) is 29.2 Å². The monoisotopic (exact) mass is 316 g/mol. The number of hydrogen-bond acceptors (Lipinski definition) is 5. The normalized spacial score (nSPS) is 15.2. The molecule has 1 aliphatic heterocycles. The Hall–Kier alpha value is -2.34. The molecule has 0 unspecified atom stereocenters. The number of rotatable bonds is 4. The van der Waals surface area contributed by atoms with Crippen molar-refractivity contribution in [3.63, 3.8) is 0 Å². The van der Waals surface area contributed by atoms with E-state index in [4.69, 9.17) is 4.74 Å². The van der Waals surface area contributed by atoms with E-state index >= 15 is 0 Å². The number of carbonyl (C=O) groups excluding carboxylic acids is 1. The Morgan fingerprint density at radius 3 is 2.74 bits per heavy atom. The standard InChI is InChI=1S/C17H20N2O4/c1-2-23-17(22)14-9-12(10-18-7-3-4-8-18)15-6-5-13(20)11-19(15)16(14)21/h5-6,9,11,20H,2-4,7-8,10H2,1H3. The molecular weight excluding hydrogens is 296 g/mol. The average molecular weight is 316 g/mol. The summed E-state index contributed by atoms with van der Waals surface area (Å²) in [5, 5.41) is 9.68. The quantitative estimate of drug-likeness (QED) is 0.871. The largest absolute Gasteiger partial charge is 0.506 e. The minimum atomic E-state index is -0.627. The van der Waals surface area contributed by atoms with E-state index < -0.39 is 11.5 Å². The molecule has 3 rings (SSSR count). The van der Waals surface area contributed by atoms with Gasteiger partial charge in [0.1, 0.15) is 11.3 Å². The van der Waals surface area contributed by atoms with Crippen LogP contribution < -0.4 is 5.56 Å². The van der Waals surface area contributed by atoms with Crippen LogP contribution in [-0.2, 0) is 11.3 Å². The molecule has 3 heterocycles. The molecule has 1 aliphatic rings. The average Bonchev–Trinajstić information content (AvgIpc) is 3.03. The van der Waals surface area contributed by atoms with Crippen molar-refractivity contribution in [1.82, 2.24) is 9.30 Å². The predicted octanol–water partition coefficient (Wildman–Crippen LogP) is 1.78. The minimum absolute atomic E-state index is 0.00384. The second-order valence-electron chi connectivity index (χ2n) is 5.73. The lowest BCUT2D eigenvalue weighted by Crippen LogP contribution is -2.26. The van der Waals surface area contributed by atoms with Gasteiger partial charge in [0, 0.05) is 6.54 Å². The molecule has 6 nitrogen and oxygen atoms in total. The number of aromatic nitrogens is 1. The SMILES string of the molecule is CCOC(=O)c1cc(CN2CCCC2)c2ccc(O)cn2c1=O. The lowest BCUT2D eigenvalue weighted by Gasteiger charge is -2.17. The first-order valence-electron chi connectivity index (χ1n) is 7.87. The molecule has 1 fully saturated rings. The van der Waals surface area contributed by atoms with Gasteiger partial charge in [-0.25, -0.2) is 4.79 Å². The second-order valence-corrected chi connectivity index (χ2v) is 5.73. The maximum atomic E-state index is 12.5. The van der Waals surface area contributed by atoms with Gasteiger partial charge in [-0.3, -0.25) is 14.1 Å². The molecular formula is C17H20N2O4. The highest BCUT2D eigenvalue weighted by Crippen LogP contribution is 2.19. The minimum Gasteiger partial charge on any atom is -0.506 e. The summed E-state index contributed by atoms with van der Waals surface area (Å²) in [6.07, 6.45) is 3.67. The Morgan fingerprint density at radius 1 is 1.30 bits per heavy atom. The van der Waals surface area contributed by atoms with E-state index in [0.29, 0.717) is 12.1 Å². The van der Waals surface area contributed by atoms with E-state index in [1.165, 1.54) is 10.6 Å². The van der Waals surface area contributed by atoms with Crippen molar-refractivity contribution in [1.29, 1.82) is 0 Å². The van der Waals surface area contributed by atoms with E-state index in [2.05, 4.69) is 4.90 Å². The first kappa shape index (κ1) is 15.6. The summed E-state index contributed by atoms with van der Waals surface area (Å²) in [5.74, 6) is -0.648. The third-order valence-electron chi connectivity index (χ3n) is 4.12. The molecule has 0 spiro atoms. The summed E-state index contributed by atoms with van der Waals surface area (Å²) >= 11 is 0. The molecule has 0 radical (unpaired) electrons. The van der Waals surface area contributed by atoms with Gasteiger partial charge in [0.05, 0.1) is 18.3 Å². The third kappa shape index (κ3) is 3.07. The summed E-state index contributed by atoms with van der Waals surface area (Å²) in [6.45, 7) is 4.60. The first-order valence-corrected chi connectivity index (χ1v) is 7.87. The molecule has 23 heavy (non-hydrogen) atoms. The van der Waals surface area contributed by atoms with Gasteiger partial charge in [-0.2, -0.15) is 0 Å². The Balaban J connectivity index is 2.14. The summed E-state index contributed by atoms with van der Waals surface area (Å²) in [6, 6.07) is 4.88. The van der Waals surface area contributed by atoms with E-state index in [1.807, 2.05) is 0 Å². The van der Waals surface area contributed by atoms with Crippen molar-refractivity contribution >= 4 is 11.5 Å². The van der Waals surface area contributed by atoms with Crippen LogP contribution >= 0.6 is 0 Å². The van der Waals surface area contributed by atoms with Crippen LogP contribution in [0.5, 0.6) is 5.75 Å². The number of pyridine rings is 2. The third-order valence-corrected chi connectivity index (χ3v) is 4.12. The van der Waals surface area contributed by atoms with Gasteiger partial charge in [-0.05, 0) is 56.6 Å². The number of carbonyl (C=O) groups is 1. The molecule has 0 bridgehead atoms. The van der Waals surface area contributed by atoms with Crippen molar-refractivity contribution in [2.75, 3.05) is 19.7 Å². The van der Waals surface area contributed by atoms with Crippen LogP contribution in [0.25, 0.3) is 5.52 Å². The number of likely N-dealkylation sites (tertiary alicyclic amines) is 1. The van der Waals surface area contributed by atoms with Crippen molar-refractivity contribution < 1.29 is 14.6 Å². The number of ether oxygens (including phenoxy) is 1. The Labute approximate surface area is 133 Å². The lowest BCUT2D eigenvalue weighted by molar-refractivity contribution is 0.0524. The fraction of sp³-hybridized carbons (Fsp3) is 0.412. The van der Waals surface area contributed by atoms with E-state index in [9.17, 15) is 14.7 Å². The van der Waals surface area contributed by atoms with Crippen LogP contribution in [0, 0.1) is 0 Å². The molecule has 0 aliphatic carbocycles. The molecule has 2 aromatic heterocycles. The molecule has 0 atom stereocenters. The van der Waals surface area contributed by atoms with E-state index in [-0.39, 0.29) is 17.9 Å². The molecule has 1 N–H and O–H groups in total. The highest BCUT2D eigenvalue weighted by Gasteiger charge is 2.19. The Morgan fingerprint density at radius 2 is 2.04 bits per heavy atom. The zero-order valence-electron chi connectivity index (χ0n) is 13.1. The van der Waals surface area contributed by atoms with Crippen LogP contribution in [0.3, 0.4) is 0 Å². The Kier molecular flexibility index (Phi) is 4.34. The summed E-state index contributed by atoms with van der Waals surface area (Å²) in [5.41, 5.74) is 1.12. The maximum absolute atomic E-state index is 12.5. The molecule has 2 aromatic rings. The smallest absolute Gasteiger partial charge is 0.343 e. The van der Waals surface area contributed by atoms with Gasteiger partial charge in [0.25, 0.3) is 5.56 Å². The summed E-state index contributed by atoms with van der Waals surface area (Å²) in [7, 11) is 0. The molecule has 0 amide bonds. The topological polar surface area (TPSA) is 71.2 Å². The van der Waals surface area contributed by atoms with E-state index in [1.54, 1.807) is 25.1 Å². The number of fused-ring (bicyclic) bond motifs is 1. The van der Waals surface area contributed by atoms with E-state index in [0.717, 1.165) is 31.5 Å². The number of aromatic hydroxyl groups is 1. The summed E-state index contributed by atoms with van der Waals surface area (Å²) < 4.78 is 6.31. The molecule has 1 saturated heterocycles. The van der Waals surface area contributed by atoms with Crippen LogP contribution in [0.2, 0.25) is 0 Å². The first-order chi connectivity index (χ1) is 11.1. The van der Waals surface area contributed by atoms with Crippen LogP contribution in [0.4, 0.5) is 0 Å². The molecule has 122 valence electrons. The Bertz CT molecular complexity index is 791. The zero-order chi connectivity index (χ0) is 16.4. The fourth-order valence-electron chi connectivity index (χ4n) is 3.02. The molecule has 6 heteroatoms. The van der Waals surface area contributed by atoms with Crippen molar-refractivity contribution in [3.8, 4) is 5.75 Å². The van der Waals surface area contributed by atoms with Crippen LogP contribution in [0.1, 0.15) is 35.7 Å². The highest BCUT2D eigenvalue weighted by molar-refractivity contribution is 5.90. The van der Waals surface area contributed by atoms with Gasteiger partial charge >= 0.3 is 5.97 Å². The number of hydrogen-bond donors (Lipinski definition) is 1. The second kappa shape index (κ2) is 6.42. The van der Waals surface area contributed by atoms with Gasteiger partial charge in [-0.1, -0.05) is 0 Å². The van der Waals surface area contributed by atoms with Gasteiger partial charge in [0.15, 0.2) is 0 Å². The van der Waals surface area contributed by atoms with Crippen molar-refractivity contribution in [2.24, 2.45) is 0 Å². The van der Waals surface area contributed by atoms with Gasteiger partial charge in [-0.15, -0.1) is 0 Å². The lowest BCUT2D eigenvalue weighted by atomic mass is 10.1. The van der Waals surface area contributed by atoms with Crippen molar-refractivity contribution in [2.45, 2.75) is 26.3 Å². The van der Waals surface area contributed by atoms with Crippen molar-refractivity contribution in [3.05, 3.63) is 45.9 Å². The highest BCUT2D eigenvalue weighted by atomic mass is 16.5. The van der Waals surface area contributed by atoms with Gasteiger partial charge in [0.2, 0.25) is 0 Å². The molecule has 0 aromatic carbocycles. The maximum Gasteiger partial charge on any atom is 0.343 e. The molecule has 0 saturated carbocycles. The van der Waals surface area contributed by atoms with Crippen LogP contribution in [-0.4, -0.2) is 40.1 Å². The predicted molar refractivity (Wildman–Crippen MR) is 85.8 cm³/mol. The van der Waals surface area contributed by atoms with Gasteiger partial charge < -0.3 is 9.84 Å². The number of nitrogens with zero attached hydrogens (tertiary/aromatic N) is 2. The summed E-state index contributed by atoms with van der Waals surface area (Å²) in [4.78, 5) is 26.9.